The molecule has 8 nitrogen and oxygen atoms in total. The number of aryl methyl sites for hydroxylation is 1. The van der Waals surface area contributed by atoms with Crippen LogP contribution in [0.4, 0.5) is 28.4 Å². The lowest BCUT2D eigenvalue weighted by Crippen LogP contribution is -2.51. The molecular weight excluding hydrogens is 1420 g/mol. The number of hydrogen-bond acceptors (Lipinski definition) is 8. The Morgan fingerprint density at radius 2 is 0.607 bits per heavy atom. The number of anilines is 5. The molecule has 8 aromatic carbocycles. The van der Waals surface area contributed by atoms with Gasteiger partial charge in [0.2, 0.25) is 0 Å². The van der Waals surface area contributed by atoms with E-state index in [1.54, 1.807) is 0 Å². The van der Waals surface area contributed by atoms with E-state index in [2.05, 4.69) is 455 Å². The number of nitrogens with zero attached hydrogens (tertiary/aromatic N) is 8. The van der Waals surface area contributed by atoms with Crippen molar-refractivity contribution in [3.05, 3.63) is 255 Å². The van der Waals surface area contributed by atoms with Crippen molar-refractivity contribution in [2.45, 2.75) is 366 Å². The molecule has 654 valence electrons. The van der Waals surface area contributed by atoms with Gasteiger partial charge in [-0.2, -0.15) is 0 Å². The lowest BCUT2D eigenvalue weighted by molar-refractivity contribution is 0.0638. The van der Waals surface area contributed by atoms with Crippen LogP contribution in [0.2, 0.25) is 0 Å². The van der Waals surface area contributed by atoms with Crippen molar-refractivity contribution >= 4 is 28.4 Å². The zero-order valence-corrected chi connectivity index (χ0v) is 79.9. The number of para-hydroxylation sites is 5. The van der Waals surface area contributed by atoms with Gasteiger partial charge in [0.1, 0.15) is 0 Å². The molecule has 0 saturated heterocycles. The topological polar surface area (TPSA) is 25.9 Å². The summed E-state index contributed by atoms with van der Waals surface area (Å²) in [5.41, 5.74) is 26.0. The number of benzene rings is 8. The van der Waals surface area contributed by atoms with Crippen LogP contribution < -0.4 is 24.5 Å². The van der Waals surface area contributed by atoms with E-state index in [-0.39, 0.29) is 28.0 Å². The predicted octanol–water partition coefficient (Wildman–Crippen LogP) is 28.7. The second-order valence-corrected chi connectivity index (χ2v) is 42.4. The second kappa shape index (κ2) is 38.2. The van der Waals surface area contributed by atoms with E-state index in [0.717, 1.165) is 19.6 Å². The second-order valence-electron chi connectivity index (χ2n) is 42.4. The Morgan fingerprint density at radius 3 is 1.10 bits per heavy atom. The molecule has 0 bridgehead atoms. The van der Waals surface area contributed by atoms with Gasteiger partial charge in [-0.3, -0.25) is 14.7 Å². The van der Waals surface area contributed by atoms with Crippen LogP contribution in [0.15, 0.2) is 194 Å². The van der Waals surface area contributed by atoms with Gasteiger partial charge in [0.25, 0.3) is 0 Å². The summed E-state index contributed by atoms with van der Waals surface area (Å²) in [7, 11) is 0. The van der Waals surface area contributed by atoms with Gasteiger partial charge in [-0.05, 0) is 327 Å². The minimum Gasteiger partial charge on any atom is -0.369 e. The average Bonchev–Trinajstić information content (AvgIpc) is 1.74. The molecular formula is C109H178N8. The molecule has 117 heavy (non-hydrogen) atoms. The van der Waals surface area contributed by atoms with Crippen LogP contribution in [-0.2, 0) is 67.1 Å². The van der Waals surface area contributed by atoms with Crippen LogP contribution in [0, 0.1) is 5.41 Å². The van der Waals surface area contributed by atoms with Gasteiger partial charge in [0.15, 0.2) is 0 Å². The van der Waals surface area contributed by atoms with Crippen LogP contribution in [0.5, 0.6) is 0 Å². The molecule has 8 aromatic rings. The first-order valence-electron chi connectivity index (χ1n) is 45.5. The van der Waals surface area contributed by atoms with Gasteiger partial charge < -0.3 is 24.5 Å². The van der Waals surface area contributed by atoms with Crippen molar-refractivity contribution in [1.29, 1.82) is 0 Å². The Kier molecular flexibility index (Phi) is 30.5. The molecule has 0 N–H and O–H groups in total. The number of fused-ring (bicyclic) bond motifs is 8. The van der Waals surface area contributed by atoms with Crippen LogP contribution in [0.25, 0.3) is 0 Å². The molecule has 0 saturated carbocycles. The molecule has 0 atom stereocenters. The third kappa shape index (κ3) is 22.1. The van der Waals surface area contributed by atoms with Crippen LogP contribution in [0.3, 0.4) is 0 Å². The fraction of sp³-hybridized carbons (Fsp3) is 0.560. The van der Waals surface area contributed by atoms with Crippen LogP contribution >= 0.6 is 0 Å². The van der Waals surface area contributed by atoms with Crippen LogP contribution in [-0.4, -0.2) is 106 Å². The highest BCUT2D eigenvalue weighted by Crippen LogP contribution is 2.46. The lowest BCUT2D eigenvalue weighted by Gasteiger charge is -2.47. The average molecular weight is 1610 g/mol. The molecule has 0 spiro atoms. The first-order valence-corrected chi connectivity index (χ1v) is 45.5. The van der Waals surface area contributed by atoms with E-state index in [4.69, 9.17) is 0 Å². The zero-order chi connectivity index (χ0) is 86.3. The maximum atomic E-state index is 2.59. The van der Waals surface area contributed by atoms with Crippen molar-refractivity contribution in [2.75, 3.05) is 50.7 Å². The first kappa shape index (κ1) is 93.5. The van der Waals surface area contributed by atoms with E-state index >= 15 is 0 Å². The normalized spacial score (nSPS) is 19.5. The maximum absolute atomic E-state index is 2.59. The van der Waals surface area contributed by atoms with E-state index < -0.39 is 0 Å². The molecule has 16 rings (SSSR count). The quantitative estimate of drug-likeness (QED) is 0.149. The molecule has 0 radical (unpaired) electrons. The monoisotopic (exact) mass is 1610 g/mol. The Hall–Kier alpha value is -7.36. The van der Waals surface area contributed by atoms with Gasteiger partial charge in [-0.25, -0.2) is 0 Å². The van der Waals surface area contributed by atoms with E-state index in [9.17, 15) is 0 Å². The zero-order valence-electron chi connectivity index (χ0n) is 79.9. The summed E-state index contributed by atoms with van der Waals surface area (Å²) >= 11 is 0. The molecule has 0 unspecified atom stereocenters. The van der Waals surface area contributed by atoms with Crippen molar-refractivity contribution in [1.82, 2.24) is 14.7 Å². The van der Waals surface area contributed by atoms with Gasteiger partial charge >= 0.3 is 0 Å². The Morgan fingerprint density at radius 1 is 0.248 bits per heavy atom. The highest BCUT2D eigenvalue weighted by molar-refractivity contribution is 5.65. The largest absolute Gasteiger partial charge is 0.369 e. The summed E-state index contributed by atoms with van der Waals surface area (Å²) < 4.78 is 0. The third-order valence-corrected chi connectivity index (χ3v) is 26.8. The Bertz CT molecular complexity index is 4510. The first-order chi connectivity index (χ1) is 54.6. The summed E-state index contributed by atoms with van der Waals surface area (Å²) in [5.74, 6) is 0. The SMILES string of the molecule is CC(C)N1CC(C)(C)Cc2ccccc21.CC(C)N1CC(C)(C)c2ccccc21.CC(C)N1CCC(C)(C)c2ccccc21.CC(C)N1CCc2ccccc2C1(C)C.CC(C)N1Cc2ccccc2C1(C)C.CC(C)N1Cc2ccccc2CC1(C)C.CC(C)N1c2ccccc2CC1(C)C.CC(C)N1c2ccccc2CCC1(C)C.[2HH].[2HH].[2HH].[2HH].[2HH].[2HH].[2HH].[2HH]. The van der Waals surface area contributed by atoms with Gasteiger partial charge in [0.05, 0.1) is 0 Å². The molecule has 8 aliphatic heterocycles. The van der Waals surface area contributed by atoms with Gasteiger partial charge in [-0.1, -0.05) is 205 Å². The van der Waals surface area contributed by atoms with Gasteiger partial charge in [-0.15, -0.1) is 0 Å². The summed E-state index contributed by atoms with van der Waals surface area (Å²) in [6.07, 6.45) is 8.45. The van der Waals surface area contributed by atoms with E-state index in [0.29, 0.717) is 75.7 Å². The fourth-order valence-corrected chi connectivity index (χ4v) is 21.2. The molecule has 0 fully saturated rings. The van der Waals surface area contributed by atoms with E-state index in [1.165, 1.54) is 154 Å². The van der Waals surface area contributed by atoms with Crippen LogP contribution in [0.1, 0.15) is 307 Å². The highest BCUT2D eigenvalue weighted by atomic mass is 15.3. The van der Waals surface area contributed by atoms with E-state index in [1.807, 2.05) is 0 Å². The fourth-order valence-electron chi connectivity index (χ4n) is 21.2. The van der Waals surface area contributed by atoms with Gasteiger partial charge in [0, 0.05) is 161 Å². The summed E-state index contributed by atoms with van der Waals surface area (Å²) in [6.45, 7) is 80.7. The number of hydrogen-bond donors (Lipinski definition) is 0. The molecule has 0 aliphatic carbocycles. The minimum absolute atomic E-state index is 0. The highest BCUT2D eigenvalue weighted by Gasteiger charge is 2.42. The molecule has 8 heteroatoms. The standard InChI is InChI=1S/5C14H21N.3C13H19N.8H2/c1-11(2)15-10-14(3,4)9-12-7-5-6-8-13(12)15;1-11(2)15-10-13-8-6-5-7-12(13)9-14(15,3)4;1-11(2)15-10-9-14(3,4)12-7-5-6-8-13(12)15;1-11(2)15-10-9-12-7-5-6-8-13(12)14(15,3)4;1-11(2)15-13-8-6-5-7-12(13)9-10-14(15,3)4;1-10(2)14-9-13(3,4)11-7-5-6-8-12(11)14;1-10(2)14-9-11-7-5-6-8-12(11)13(14,3)4;1-10(2)14-12-8-6-5-7-11(12)9-13(14,3)4;;;;;;;;/h5*5-8,11H,9-10H2,1-4H3;3*5-8,10H,9H2,1-4H3;8*1H/i;;;;;;;;8*1+1. The van der Waals surface area contributed by atoms with Crippen molar-refractivity contribution in [3.8, 4) is 0 Å². The summed E-state index contributed by atoms with van der Waals surface area (Å²) in [6, 6.07) is 75.3. The smallest absolute Gasteiger partial charge is 0.0413 e. The lowest BCUT2D eigenvalue weighted by atomic mass is 9.77. The summed E-state index contributed by atoms with van der Waals surface area (Å²) in [5, 5.41) is 0. The molecule has 0 amide bonds. The summed E-state index contributed by atoms with van der Waals surface area (Å²) in [4.78, 5) is 20.4. The minimum atomic E-state index is 0. The third-order valence-electron chi connectivity index (χ3n) is 26.8. The molecule has 8 heterocycles. The predicted molar refractivity (Wildman–Crippen MR) is 530 cm³/mol. The Labute approximate surface area is 728 Å². The molecule has 8 aliphatic rings. The Balaban J connectivity index is 0.000000708. The molecule has 0 aromatic heterocycles. The van der Waals surface area contributed by atoms with Crippen molar-refractivity contribution in [3.63, 3.8) is 0 Å². The van der Waals surface area contributed by atoms with Crippen molar-refractivity contribution in [2.24, 2.45) is 5.41 Å². The number of rotatable bonds is 8. The maximum Gasteiger partial charge on any atom is 0.0413 e. The van der Waals surface area contributed by atoms with Crippen molar-refractivity contribution < 1.29 is 11.4 Å².